The number of nitrogens with zero attached hydrogens (tertiary/aromatic N) is 1. The van der Waals surface area contributed by atoms with Gasteiger partial charge in [0.1, 0.15) is 0 Å². The number of hydrogen-bond donors (Lipinski definition) is 2. The summed E-state index contributed by atoms with van der Waals surface area (Å²) in [5, 5.41) is 17.4. The quantitative estimate of drug-likeness (QED) is 0.767. The number of carboxylic acid groups (broad SMARTS) is 1. The lowest BCUT2D eigenvalue weighted by Crippen LogP contribution is -2.43. The van der Waals surface area contributed by atoms with Crippen molar-refractivity contribution in [2.24, 2.45) is 5.92 Å². The van der Waals surface area contributed by atoms with E-state index < -0.39 is 24.6 Å². The van der Waals surface area contributed by atoms with E-state index in [1.165, 1.54) is 0 Å². The van der Waals surface area contributed by atoms with Gasteiger partial charge in [0, 0.05) is 19.2 Å². The van der Waals surface area contributed by atoms with Crippen molar-refractivity contribution in [2.45, 2.75) is 37.9 Å². The highest BCUT2D eigenvalue weighted by atomic mass is 19.4. The highest BCUT2D eigenvalue weighted by Crippen LogP contribution is 2.30. The van der Waals surface area contributed by atoms with E-state index in [4.69, 9.17) is 10.2 Å². The molecule has 1 fully saturated rings. The Morgan fingerprint density at radius 3 is 2.61 bits per heavy atom. The van der Waals surface area contributed by atoms with Crippen LogP contribution in [0.4, 0.5) is 13.2 Å². The van der Waals surface area contributed by atoms with E-state index >= 15 is 0 Å². The minimum atomic E-state index is -4.71. The fourth-order valence-corrected chi connectivity index (χ4v) is 2.35. The van der Waals surface area contributed by atoms with Crippen LogP contribution in [0.15, 0.2) is 0 Å². The summed E-state index contributed by atoms with van der Waals surface area (Å²) in [6.07, 6.45) is -2.02. The average Bonchev–Trinajstić information content (AvgIpc) is 2.68. The highest BCUT2D eigenvalue weighted by Gasteiger charge is 2.46. The number of aliphatic carboxylic acids is 1. The van der Waals surface area contributed by atoms with Crippen LogP contribution in [0, 0.1) is 5.92 Å². The summed E-state index contributed by atoms with van der Waals surface area (Å²) in [5.74, 6) is -4.15. The lowest BCUT2D eigenvalue weighted by Gasteiger charge is -2.28. The Morgan fingerprint density at radius 1 is 1.44 bits per heavy atom. The number of aliphatic hydroxyl groups excluding tert-OH is 1. The van der Waals surface area contributed by atoms with Crippen LogP contribution in [-0.4, -0.2) is 53.0 Å². The van der Waals surface area contributed by atoms with E-state index in [9.17, 15) is 18.0 Å². The molecule has 4 nitrogen and oxygen atoms in total. The first kappa shape index (κ1) is 15.2. The van der Waals surface area contributed by atoms with E-state index in [2.05, 4.69) is 0 Å². The van der Waals surface area contributed by atoms with Gasteiger partial charge in [-0.25, -0.2) is 0 Å². The fourth-order valence-electron chi connectivity index (χ4n) is 2.35. The molecule has 7 heteroatoms. The third-order valence-electron chi connectivity index (χ3n) is 3.30. The molecule has 0 aromatic heterocycles. The Labute approximate surface area is 103 Å². The predicted octanol–water partition coefficient (Wildman–Crippen LogP) is 1.49. The van der Waals surface area contributed by atoms with Crippen LogP contribution in [0.3, 0.4) is 0 Å². The first-order valence-corrected chi connectivity index (χ1v) is 6.00. The number of aliphatic hydroxyl groups is 1. The zero-order valence-electron chi connectivity index (χ0n) is 9.99. The molecule has 1 heterocycles. The summed E-state index contributed by atoms with van der Waals surface area (Å²) in [7, 11) is 0. The molecule has 0 aromatic carbocycles. The molecule has 0 radical (unpaired) electrons. The molecule has 1 aliphatic rings. The van der Waals surface area contributed by atoms with Gasteiger partial charge >= 0.3 is 12.1 Å². The molecule has 18 heavy (non-hydrogen) atoms. The SMILES string of the molecule is O=C(O)C(CN1CCCC1CCCO)C(F)(F)F. The normalized spacial score (nSPS) is 23.2. The molecule has 2 N–H and O–H groups in total. The van der Waals surface area contributed by atoms with Crippen molar-refractivity contribution in [3.8, 4) is 0 Å². The molecule has 1 rings (SSSR count). The Morgan fingerprint density at radius 2 is 2.11 bits per heavy atom. The third-order valence-corrected chi connectivity index (χ3v) is 3.30. The van der Waals surface area contributed by atoms with Gasteiger partial charge in [-0.3, -0.25) is 9.69 Å². The predicted molar refractivity (Wildman–Crippen MR) is 58.1 cm³/mol. The van der Waals surface area contributed by atoms with Crippen LogP contribution in [0.2, 0.25) is 0 Å². The van der Waals surface area contributed by atoms with E-state index in [0.29, 0.717) is 19.4 Å². The maximum Gasteiger partial charge on any atom is 0.403 e. The van der Waals surface area contributed by atoms with Crippen LogP contribution in [-0.2, 0) is 4.79 Å². The molecular formula is C11H18F3NO3. The van der Waals surface area contributed by atoms with Gasteiger partial charge in [0.15, 0.2) is 5.92 Å². The zero-order chi connectivity index (χ0) is 13.8. The van der Waals surface area contributed by atoms with Crippen molar-refractivity contribution in [2.75, 3.05) is 19.7 Å². The zero-order valence-corrected chi connectivity index (χ0v) is 9.99. The Bertz CT molecular complexity index is 283. The van der Waals surface area contributed by atoms with Crippen molar-refractivity contribution in [1.29, 1.82) is 0 Å². The number of halogens is 3. The van der Waals surface area contributed by atoms with Crippen molar-refractivity contribution >= 4 is 5.97 Å². The van der Waals surface area contributed by atoms with Gasteiger partial charge in [0.05, 0.1) is 0 Å². The number of hydrogen-bond acceptors (Lipinski definition) is 3. The average molecular weight is 269 g/mol. The van der Waals surface area contributed by atoms with Gasteiger partial charge in [0.25, 0.3) is 0 Å². The number of carbonyl (C=O) groups is 1. The van der Waals surface area contributed by atoms with E-state index in [-0.39, 0.29) is 12.6 Å². The molecule has 2 unspecified atom stereocenters. The largest absolute Gasteiger partial charge is 0.481 e. The minimum Gasteiger partial charge on any atom is -0.481 e. The van der Waals surface area contributed by atoms with E-state index in [1.54, 1.807) is 4.90 Å². The lowest BCUT2D eigenvalue weighted by atomic mass is 10.1. The first-order chi connectivity index (χ1) is 8.36. The number of carboxylic acids is 1. The standard InChI is InChI=1S/C11H18F3NO3/c12-11(13,14)9(10(17)18)7-15-5-1-3-8(15)4-2-6-16/h8-9,16H,1-7H2,(H,17,18). The highest BCUT2D eigenvalue weighted by molar-refractivity contribution is 5.71. The van der Waals surface area contributed by atoms with Gasteiger partial charge in [-0.2, -0.15) is 13.2 Å². The van der Waals surface area contributed by atoms with Crippen LogP contribution < -0.4 is 0 Å². The Kier molecular flexibility index (Phi) is 5.40. The molecule has 0 bridgehead atoms. The minimum absolute atomic E-state index is 0.00592. The second-order valence-electron chi connectivity index (χ2n) is 4.59. The molecule has 0 amide bonds. The summed E-state index contributed by atoms with van der Waals surface area (Å²) in [5.41, 5.74) is 0. The molecule has 0 saturated carbocycles. The molecule has 2 atom stereocenters. The van der Waals surface area contributed by atoms with Gasteiger partial charge in [0.2, 0.25) is 0 Å². The molecular weight excluding hydrogens is 251 g/mol. The molecule has 0 aromatic rings. The van der Waals surface area contributed by atoms with Crippen LogP contribution >= 0.6 is 0 Å². The monoisotopic (exact) mass is 269 g/mol. The van der Waals surface area contributed by atoms with Crippen molar-refractivity contribution in [3.63, 3.8) is 0 Å². The summed E-state index contributed by atoms with van der Waals surface area (Å²) >= 11 is 0. The van der Waals surface area contributed by atoms with Crippen LogP contribution in [0.1, 0.15) is 25.7 Å². The van der Waals surface area contributed by atoms with E-state index in [1.807, 2.05) is 0 Å². The second-order valence-corrected chi connectivity index (χ2v) is 4.59. The van der Waals surface area contributed by atoms with Crippen molar-refractivity contribution < 1.29 is 28.2 Å². The smallest absolute Gasteiger partial charge is 0.403 e. The molecule has 106 valence electrons. The van der Waals surface area contributed by atoms with Gasteiger partial charge in [-0.15, -0.1) is 0 Å². The topological polar surface area (TPSA) is 60.8 Å². The second kappa shape index (κ2) is 6.38. The summed E-state index contributed by atoms with van der Waals surface area (Å²) in [6.45, 7) is 0.0108. The number of alkyl halides is 3. The van der Waals surface area contributed by atoms with Crippen LogP contribution in [0.5, 0.6) is 0 Å². The summed E-state index contributed by atoms with van der Waals surface area (Å²) in [4.78, 5) is 12.3. The van der Waals surface area contributed by atoms with Gasteiger partial charge < -0.3 is 10.2 Å². The number of rotatable bonds is 6. The molecule has 0 aliphatic carbocycles. The Hall–Kier alpha value is -0.820. The van der Waals surface area contributed by atoms with Crippen LogP contribution in [0.25, 0.3) is 0 Å². The van der Waals surface area contributed by atoms with Gasteiger partial charge in [-0.05, 0) is 32.2 Å². The summed E-state index contributed by atoms with van der Waals surface area (Å²) in [6, 6.07) is -0.0404. The lowest BCUT2D eigenvalue weighted by molar-refractivity contribution is -0.196. The molecule has 0 spiro atoms. The van der Waals surface area contributed by atoms with E-state index in [0.717, 1.165) is 12.8 Å². The maximum absolute atomic E-state index is 12.6. The summed E-state index contributed by atoms with van der Waals surface area (Å²) < 4.78 is 37.7. The van der Waals surface area contributed by atoms with Gasteiger partial charge in [-0.1, -0.05) is 0 Å². The van der Waals surface area contributed by atoms with Crippen molar-refractivity contribution in [1.82, 2.24) is 4.90 Å². The maximum atomic E-state index is 12.6. The third kappa shape index (κ3) is 4.13. The number of likely N-dealkylation sites (tertiary alicyclic amines) is 1. The Balaban J connectivity index is 2.60. The first-order valence-electron chi connectivity index (χ1n) is 6.00. The molecule has 1 saturated heterocycles. The fraction of sp³-hybridized carbons (Fsp3) is 0.909. The molecule has 1 aliphatic heterocycles. The van der Waals surface area contributed by atoms with Crippen molar-refractivity contribution in [3.05, 3.63) is 0 Å².